The fourth-order valence-electron chi connectivity index (χ4n) is 2.46. The molecule has 23 heavy (non-hydrogen) atoms. The predicted molar refractivity (Wildman–Crippen MR) is 95.3 cm³/mol. The Morgan fingerprint density at radius 2 is 1.96 bits per heavy atom. The molecule has 0 unspecified atom stereocenters. The highest BCUT2D eigenvalue weighted by atomic mass is 35.5. The van der Waals surface area contributed by atoms with Crippen LogP contribution >= 0.6 is 22.9 Å². The summed E-state index contributed by atoms with van der Waals surface area (Å²) in [4.78, 5) is 18.6. The van der Waals surface area contributed by atoms with E-state index in [2.05, 4.69) is 24.8 Å². The van der Waals surface area contributed by atoms with Gasteiger partial charge in [-0.1, -0.05) is 11.6 Å². The number of aromatic nitrogens is 2. The van der Waals surface area contributed by atoms with Gasteiger partial charge in [-0.15, -0.1) is 11.3 Å². The van der Waals surface area contributed by atoms with Crippen LogP contribution in [-0.4, -0.2) is 53.6 Å². The Kier molecular flexibility index (Phi) is 5.30. The highest BCUT2D eigenvalue weighted by Gasteiger charge is 2.19. The Morgan fingerprint density at radius 1 is 1.22 bits per heavy atom. The molecular formula is C15H19ClN6S. The second-order valence-electron chi connectivity index (χ2n) is 5.22. The van der Waals surface area contributed by atoms with Crippen molar-refractivity contribution in [2.45, 2.75) is 6.42 Å². The van der Waals surface area contributed by atoms with E-state index in [1.807, 2.05) is 18.2 Å². The minimum Gasteiger partial charge on any atom is -0.370 e. The quantitative estimate of drug-likeness (QED) is 0.673. The molecule has 0 radical (unpaired) electrons. The van der Waals surface area contributed by atoms with Gasteiger partial charge in [0.05, 0.1) is 4.34 Å². The molecule has 0 spiro atoms. The Morgan fingerprint density at radius 3 is 2.61 bits per heavy atom. The van der Waals surface area contributed by atoms with Crippen LogP contribution in [0.1, 0.15) is 4.88 Å². The van der Waals surface area contributed by atoms with Crippen LogP contribution in [0.3, 0.4) is 0 Å². The molecule has 0 aliphatic carbocycles. The van der Waals surface area contributed by atoms with E-state index in [4.69, 9.17) is 17.3 Å². The molecule has 1 aliphatic rings. The molecule has 0 saturated carbocycles. The largest absolute Gasteiger partial charge is 0.370 e. The second-order valence-corrected chi connectivity index (χ2v) is 7.02. The number of thiophene rings is 1. The van der Waals surface area contributed by atoms with Gasteiger partial charge in [0.15, 0.2) is 5.96 Å². The minimum atomic E-state index is 0.612. The average molecular weight is 351 g/mol. The normalized spacial score (nSPS) is 16.0. The van der Waals surface area contributed by atoms with Gasteiger partial charge in [0.2, 0.25) is 5.95 Å². The first-order valence-corrected chi connectivity index (χ1v) is 8.73. The van der Waals surface area contributed by atoms with Gasteiger partial charge in [-0.25, -0.2) is 9.97 Å². The van der Waals surface area contributed by atoms with E-state index in [0.717, 1.165) is 42.9 Å². The molecule has 2 aromatic heterocycles. The summed E-state index contributed by atoms with van der Waals surface area (Å²) in [5.74, 6) is 1.39. The Bertz CT molecular complexity index is 651. The number of guanidine groups is 1. The third kappa shape index (κ3) is 4.33. The lowest BCUT2D eigenvalue weighted by Crippen LogP contribution is -2.51. The van der Waals surface area contributed by atoms with Gasteiger partial charge in [-0.2, -0.15) is 0 Å². The van der Waals surface area contributed by atoms with Crippen molar-refractivity contribution in [2.75, 3.05) is 37.6 Å². The summed E-state index contributed by atoms with van der Waals surface area (Å²) < 4.78 is 0.816. The summed E-state index contributed by atoms with van der Waals surface area (Å²) in [5.41, 5.74) is 6.11. The van der Waals surface area contributed by atoms with Crippen molar-refractivity contribution in [3.05, 3.63) is 39.8 Å². The molecule has 1 aliphatic heterocycles. The molecule has 2 N–H and O–H groups in total. The molecule has 6 nitrogen and oxygen atoms in total. The molecule has 3 heterocycles. The monoisotopic (exact) mass is 350 g/mol. The molecule has 2 aromatic rings. The zero-order chi connectivity index (χ0) is 16.1. The highest BCUT2D eigenvalue weighted by Crippen LogP contribution is 2.21. The van der Waals surface area contributed by atoms with Crippen molar-refractivity contribution in [1.29, 1.82) is 0 Å². The predicted octanol–water partition coefficient (Wildman–Crippen LogP) is 1.87. The summed E-state index contributed by atoms with van der Waals surface area (Å²) in [7, 11) is 0. The summed E-state index contributed by atoms with van der Waals surface area (Å²) in [6, 6.07) is 5.78. The Balaban J connectivity index is 1.47. The number of nitrogens with two attached hydrogens (primary N) is 1. The number of anilines is 1. The zero-order valence-electron chi connectivity index (χ0n) is 12.7. The lowest BCUT2D eigenvalue weighted by Gasteiger charge is -2.35. The fraction of sp³-hybridized carbons (Fsp3) is 0.400. The van der Waals surface area contributed by atoms with Crippen molar-refractivity contribution in [1.82, 2.24) is 14.9 Å². The van der Waals surface area contributed by atoms with Crippen molar-refractivity contribution in [2.24, 2.45) is 10.7 Å². The molecule has 1 saturated heterocycles. The van der Waals surface area contributed by atoms with Crippen LogP contribution in [-0.2, 0) is 6.42 Å². The number of hydrogen-bond donors (Lipinski definition) is 1. The summed E-state index contributed by atoms with van der Waals surface area (Å²) in [5, 5.41) is 0. The Labute approximate surface area is 144 Å². The van der Waals surface area contributed by atoms with Gasteiger partial charge in [-0.05, 0) is 18.2 Å². The zero-order valence-corrected chi connectivity index (χ0v) is 14.3. The minimum absolute atomic E-state index is 0.612. The van der Waals surface area contributed by atoms with Crippen molar-refractivity contribution < 1.29 is 0 Å². The molecule has 0 atom stereocenters. The maximum Gasteiger partial charge on any atom is 0.225 e. The standard InChI is InChI=1S/C15H19ClN6S/c16-13-3-2-12(23-13)4-7-18-14(17)21-8-10-22(11-9-21)15-19-5-1-6-20-15/h1-3,5-6H,4,7-11H2,(H2,17,18). The summed E-state index contributed by atoms with van der Waals surface area (Å²) in [6.07, 6.45) is 4.40. The number of aliphatic imine (C=N–C) groups is 1. The van der Waals surface area contributed by atoms with E-state index >= 15 is 0 Å². The summed E-state index contributed by atoms with van der Waals surface area (Å²) >= 11 is 7.52. The van der Waals surface area contributed by atoms with E-state index in [-0.39, 0.29) is 0 Å². The van der Waals surface area contributed by atoms with Gasteiger partial charge in [0.1, 0.15) is 0 Å². The van der Waals surface area contributed by atoms with Crippen LogP contribution in [0.5, 0.6) is 0 Å². The molecule has 0 amide bonds. The van der Waals surface area contributed by atoms with Crippen LogP contribution in [0.15, 0.2) is 35.6 Å². The first kappa shape index (κ1) is 16.0. The SMILES string of the molecule is NC(=NCCc1ccc(Cl)s1)N1CCN(c2ncccn2)CC1. The van der Waals surface area contributed by atoms with Gasteiger partial charge < -0.3 is 15.5 Å². The molecule has 122 valence electrons. The highest BCUT2D eigenvalue weighted by molar-refractivity contribution is 7.16. The number of hydrogen-bond acceptors (Lipinski definition) is 5. The molecule has 3 rings (SSSR count). The maximum absolute atomic E-state index is 6.11. The first-order chi connectivity index (χ1) is 11.2. The maximum atomic E-state index is 6.11. The van der Waals surface area contributed by atoms with Crippen LogP contribution in [0, 0.1) is 0 Å². The Hall–Kier alpha value is -1.86. The second kappa shape index (κ2) is 7.61. The topological polar surface area (TPSA) is 70.6 Å². The van der Waals surface area contributed by atoms with Crippen LogP contribution < -0.4 is 10.6 Å². The van der Waals surface area contributed by atoms with Gasteiger partial charge in [0, 0.05) is 56.4 Å². The number of nitrogens with zero attached hydrogens (tertiary/aromatic N) is 5. The summed E-state index contributed by atoms with van der Waals surface area (Å²) in [6.45, 7) is 4.04. The van der Waals surface area contributed by atoms with E-state index in [1.54, 1.807) is 23.7 Å². The average Bonchev–Trinajstić information content (AvgIpc) is 3.01. The third-order valence-electron chi connectivity index (χ3n) is 3.70. The van der Waals surface area contributed by atoms with E-state index < -0.39 is 0 Å². The fourth-order valence-corrected chi connectivity index (χ4v) is 3.53. The number of rotatable bonds is 4. The molecule has 0 bridgehead atoms. The smallest absolute Gasteiger partial charge is 0.225 e. The van der Waals surface area contributed by atoms with Crippen LogP contribution in [0.2, 0.25) is 4.34 Å². The molecule has 1 fully saturated rings. The molecule has 8 heteroatoms. The lowest BCUT2D eigenvalue weighted by molar-refractivity contribution is 0.378. The van der Waals surface area contributed by atoms with Crippen molar-refractivity contribution >= 4 is 34.8 Å². The number of piperazine rings is 1. The third-order valence-corrected chi connectivity index (χ3v) is 4.99. The van der Waals surface area contributed by atoms with E-state index in [0.29, 0.717) is 12.5 Å². The molecular weight excluding hydrogens is 332 g/mol. The first-order valence-electron chi connectivity index (χ1n) is 7.53. The van der Waals surface area contributed by atoms with Crippen molar-refractivity contribution in [3.63, 3.8) is 0 Å². The number of halogens is 1. The lowest BCUT2D eigenvalue weighted by atomic mass is 10.3. The van der Waals surface area contributed by atoms with E-state index in [1.165, 1.54) is 4.88 Å². The van der Waals surface area contributed by atoms with Crippen molar-refractivity contribution in [3.8, 4) is 0 Å². The van der Waals surface area contributed by atoms with Crippen LogP contribution in [0.4, 0.5) is 5.95 Å². The van der Waals surface area contributed by atoms with Gasteiger partial charge in [-0.3, -0.25) is 4.99 Å². The van der Waals surface area contributed by atoms with E-state index in [9.17, 15) is 0 Å². The van der Waals surface area contributed by atoms with Crippen LogP contribution in [0.25, 0.3) is 0 Å². The van der Waals surface area contributed by atoms with Gasteiger partial charge >= 0.3 is 0 Å². The molecule has 0 aromatic carbocycles. The van der Waals surface area contributed by atoms with Gasteiger partial charge in [0.25, 0.3) is 0 Å².